The van der Waals surface area contributed by atoms with E-state index in [2.05, 4.69) is 0 Å². The van der Waals surface area contributed by atoms with E-state index in [1.165, 1.54) is 36.4 Å². The number of ketones is 1. The molecule has 4 rings (SSSR count). The number of fused-ring (bicyclic) bond motifs is 1. The van der Waals surface area contributed by atoms with E-state index in [0.717, 1.165) is 10.0 Å². The van der Waals surface area contributed by atoms with Crippen molar-refractivity contribution in [2.75, 3.05) is 5.88 Å². The first-order valence-electron chi connectivity index (χ1n) is 11.2. The molecule has 2 aromatic rings. The highest BCUT2D eigenvalue weighted by Crippen LogP contribution is 2.40. The van der Waals surface area contributed by atoms with E-state index in [0.29, 0.717) is 16.5 Å². The summed E-state index contributed by atoms with van der Waals surface area (Å²) in [7, 11) is 0. The second-order valence-electron chi connectivity index (χ2n) is 8.66. The number of allylic oxidation sites excluding steroid dienone is 2. The number of alkyl halides is 1. The Morgan fingerprint density at radius 1 is 0.971 bits per heavy atom. The number of carbonyl (C=O) groups is 4. The van der Waals surface area contributed by atoms with Crippen molar-refractivity contribution in [1.29, 1.82) is 0 Å². The van der Waals surface area contributed by atoms with Crippen molar-refractivity contribution in [2.45, 2.75) is 25.8 Å². The molecular formula is C26H23Cl3N2O4. The number of amides is 3. The van der Waals surface area contributed by atoms with Gasteiger partial charge in [-0.25, -0.2) is 5.01 Å². The molecule has 0 unspecified atom stereocenters. The van der Waals surface area contributed by atoms with Crippen LogP contribution in [0.3, 0.4) is 0 Å². The van der Waals surface area contributed by atoms with Crippen molar-refractivity contribution in [3.8, 4) is 0 Å². The fourth-order valence-corrected chi connectivity index (χ4v) is 5.17. The summed E-state index contributed by atoms with van der Waals surface area (Å²) in [5, 5.41) is 2.74. The molecule has 2 aliphatic rings. The van der Waals surface area contributed by atoms with E-state index in [9.17, 15) is 19.2 Å². The molecule has 1 aliphatic carbocycles. The fraction of sp³-hybridized carbons (Fsp3) is 0.308. The molecule has 1 aliphatic heterocycles. The van der Waals surface area contributed by atoms with Crippen LogP contribution in [-0.2, 0) is 9.59 Å². The molecule has 35 heavy (non-hydrogen) atoms. The van der Waals surface area contributed by atoms with E-state index < -0.39 is 41.4 Å². The van der Waals surface area contributed by atoms with Crippen molar-refractivity contribution in [2.24, 2.45) is 17.8 Å². The number of hydrogen-bond donors (Lipinski definition) is 0. The molecule has 0 radical (unpaired) electrons. The van der Waals surface area contributed by atoms with Crippen molar-refractivity contribution >= 4 is 58.3 Å². The molecule has 0 spiro atoms. The second kappa shape index (κ2) is 10.5. The van der Waals surface area contributed by atoms with Crippen LogP contribution in [-0.4, -0.2) is 45.4 Å². The number of imide groups is 1. The largest absolute Gasteiger partial charge is 0.292 e. The van der Waals surface area contributed by atoms with Gasteiger partial charge in [0.15, 0.2) is 5.78 Å². The lowest BCUT2D eigenvalue weighted by Gasteiger charge is -2.36. The summed E-state index contributed by atoms with van der Waals surface area (Å²) in [6.07, 6.45) is 4.20. The molecule has 1 fully saturated rings. The van der Waals surface area contributed by atoms with Crippen LogP contribution < -0.4 is 0 Å². The number of benzene rings is 2. The van der Waals surface area contributed by atoms with Crippen LogP contribution >= 0.6 is 34.8 Å². The van der Waals surface area contributed by atoms with Gasteiger partial charge in [0.05, 0.1) is 11.8 Å². The Kier molecular flexibility index (Phi) is 7.64. The number of carbonyl (C=O) groups excluding carboxylic acids is 4. The monoisotopic (exact) mass is 532 g/mol. The van der Waals surface area contributed by atoms with E-state index in [4.69, 9.17) is 34.8 Å². The molecule has 0 aromatic heterocycles. The summed E-state index contributed by atoms with van der Waals surface area (Å²) in [6, 6.07) is 11.1. The van der Waals surface area contributed by atoms with Crippen LogP contribution in [0.2, 0.25) is 10.0 Å². The maximum Gasteiger partial charge on any atom is 0.273 e. The maximum atomic E-state index is 13.8. The smallest absolute Gasteiger partial charge is 0.273 e. The zero-order valence-corrected chi connectivity index (χ0v) is 21.1. The SMILES string of the molecule is C[C@@H]1C=CC[C@@H]2C(=O)N(N(C(=O)c3ccc(Cl)cc3)[C@H](CCCl)C(=O)c3ccc(Cl)cc3)C(=O)[C@@H]12. The zero-order valence-electron chi connectivity index (χ0n) is 18.9. The molecular weight excluding hydrogens is 511 g/mol. The predicted molar refractivity (Wildman–Crippen MR) is 134 cm³/mol. The van der Waals surface area contributed by atoms with Crippen LogP contribution in [0, 0.1) is 17.8 Å². The number of Topliss-reactive ketones (excluding diaryl/α,β-unsaturated/α-hetero) is 1. The molecule has 0 saturated carbocycles. The van der Waals surface area contributed by atoms with E-state index >= 15 is 0 Å². The third-order valence-corrected chi connectivity index (χ3v) is 7.20. The van der Waals surface area contributed by atoms with Gasteiger partial charge in [0.25, 0.3) is 17.7 Å². The predicted octanol–water partition coefficient (Wildman–Crippen LogP) is 5.43. The van der Waals surface area contributed by atoms with Gasteiger partial charge in [0, 0.05) is 27.1 Å². The lowest BCUT2D eigenvalue weighted by Crippen LogP contribution is -2.57. The van der Waals surface area contributed by atoms with Crippen LogP contribution in [0.15, 0.2) is 60.7 Å². The van der Waals surface area contributed by atoms with Gasteiger partial charge >= 0.3 is 0 Å². The lowest BCUT2D eigenvalue weighted by molar-refractivity contribution is -0.156. The Morgan fingerprint density at radius 3 is 2.09 bits per heavy atom. The van der Waals surface area contributed by atoms with Gasteiger partial charge in [0.1, 0.15) is 6.04 Å². The van der Waals surface area contributed by atoms with Gasteiger partial charge in [-0.15, -0.1) is 11.6 Å². The second-order valence-corrected chi connectivity index (χ2v) is 9.92. The van der Waals surface area contributed by atoms with E-state index in [1.807, 2.05) is 19.1 Å². The Morgan fingerprint density at radius 2 is 1.54 bits per heavy atom. The highest BCUT2D eigenvalue weighted by Gasteiger charge is 2.54. The summed E-state index contributed by atoms with van der Waals surface area (Å²) in [5.74, 6) is -3.46. The zero-order chi connectivity index (χ0) is 25.3. The first-order valence-corrected chi connectivity index (χ1v) is 12.5. The van der Waals surface area contributed by atoms with E-state index in [-0.39, 0.29) is 29.3 Å². The molecule has 0 N–H and O–H groups in total. The number of hydrogen-bond acceptors (Lipinski definition) is 4. The lowest BCUT2D eigenvalue weighted by atomic mass is 9.78. The van der Waals surface area contributed by atoms with Gasteiger partial charge in [-0.2, -0.15) is 5.01 Å². The first kappa shape index (κ1) is 25.4. The molecule has 6 nitrogen and oxygen atoms in total. The fourth-order valence-electron chi connectivity index (χ4n) is 4.71. The summed E-state index contributed by atoms with van der Waals surface area (Å²) in [6.45, 7) is 1.86. The van der Waals surface area contributed by atoms with Gasteiger partial charge in [-0.1, -0.05) is 42.3 Å². The molecule has 4 atom stereocenters. The molecule has 182 valence electrons. The third kappa shape index (κ3) is 4.88. The molecule has 2 aromatic carbocycles. The summed E-state index contributed by atoms with van der Waals surface area (Å²) in [5.41, 5.74) is 0.462. The molecule has 1 saturated heterocycles. The Labute approximate surface area is 218 Å². The number of halogens is 3. The van der Waals surface area contributed by atoms with Crippen molar-refractivity contribution in [1.82, 2.24) is 10.0 Å². The van der Waals surface area contributed by atoms with Gasteiger partial charge in [0.2, 0.25) is 0 Å². The number of hydrazine groups is 1. The van der Waals surface area contributed by atoms with Crippen LogP contribution in [0.25, 0.3) is 0 Å². The standard InChI is InChI=1S/C26H23Cl3N2O4/c1-15-3-2-4-20-22(15)26(35)31(25(20)34)30(24(33)17-7-11-19(29)12-8-17)21(13-14-27)23(32)16-5-9-18(28)10-6-16/h2-3,5-12,15,20-22H,4,13-14H2,1H3/t15-,20+,21-,22+/m1/s1. The number of nitrogens with zero attached hydrogens (tertiary/aromatic N) is 2. The molecule has 1 heterocycles. The topological polar surface area (TPSA) is 74.8 Å². The summed E-state index contributed by atoms with van der Waals surface area (Å²) < 4.78 is 0. The Bertz CT molecular complexity index is 1180. The van der Waals surface area contributed by atoms with Crippen molar-refractivity contribution in [3.63, 3.8) is 0 Å². The molecule has 0 bridgehead atoms. The summed E-state index contributed by atoms with van der Waals surface area (Å²) >= 11 is 18.0. The van der Waals surface area contributed by atoms with Gasteiger partial charge in [-0.05, 0) is 67.3 Å². The van der Waals surface area contributed by atoms with Gasteiger partial charge < -0.3 is 0 Å². The minimum Gasteiger partial charge on any atom is -0.292 e. The van der Waals surface area contributed by atoms with Gasteiger partial charge in [-0.3, -0.25) is 19.2 Å². The summed E-state index contributed by atoms with van der Waals surface area (Å²) in [4.78, 5) is 54.6. The van der Waals surface area contributed by atoms with Crippen LogP contribution in [0.5, 0.6) is 0 Å². The highest BCUT2D eigenvalue weighted by molar-refractivity contribution is 6.31. The normalized spacial score (nSPS) is 22.2. The molecule has 3 amide bonds. The first-order chi connectivity index (χ1) is 16.7. The highest BCUT2D eigenvalue weighted by atomic mass is 35.5. The Balaban J connectivity index is 1.81. The maximum absolute atomic E-state index is 13.8. The van der Waals surface area contributed by atoms with Crippen molar-refractivity contribution in [3.05, 3.63) is 81.9 Å². The molecule has 9 heteroatoms. The van der Waals surface area contributed by atoms with Crippen LogP contribution in [0.1, 0.15) is 40.5 Å². The third-order valence-electron chi connectivity index (χ3n) is 6.47. The average Bonchev–Trinajstić information content (AvgIpc) is 3.10. The minimum absolute atomic E-state index is 0.0232. The minimum atomic E-state index is -1.19. The Hall–Kier alpha value is -2.67. The van der Waals surface area contributed by atoms with E-state index in [1.54, 1.807) is 12.1 Å². The van der Waals surface area contributed by atoms with Crippen LogP contribution in [0.4, 0.5) is 0 Å². The average molecular weight is 534 g/mol. The quantitative estimate of drug-likeness (QED) is 0.206. The number of rotatable bonds is 7. The van der Waals surface area contributed by atoms with Crippen molar-refractivity contribution < 1.29 is 19.2 Å².